The highest BCUT2D eigenvalue weighted by molar-refractivity contribution is 14.1. The summed E-state index contributed by atoms with van der Waals surface area (Å²) in [5.74, 6) is -3.70. The van der Waals surface area contributed by atoms with Crippen molar-refractivity contribution in [3.8, 4) is 5.75 Å². The zero-order valence-electron chi connectivity index (χ0n) is 18.9. The Hall–Kier alpha value is -2.65. The van der Waals surface area contributed by atoms with Gasteiger partial charge >= 0.3 is 23.2 Å². The van der Waals surface area contributed by atoms with E-state index < -0.39 is 51.1 Å². The second kappa shape index (κ2) is 10.5. The number of benzene rings is 2. The van der Waals surface area contributed by atoms with Gasteiger partial charge in [0, 0.05) is 0 Å². The number of carbonyl (C=O) groups is 3. The van der Waals surface area contributed by atoms with Crippen LogP contribution in [0.1, 0.15) is 57.4 Å². The predicted octanol–water partition coefficient (Wildman–Crippen LogP) is 4.07. The molecule has 0 N–H and O–H groups in total. The first-order valence-corrected chi connectivity index (χ1v) is 12.3. The number of esters is 3. The Morgan fingerprint density at radius 1 is 0.971 bits per heavy atom. The molecule has 0 aliphatic rings. The van der Waals surface area contributed by atoms with E-state index in [1.165, 1.54) is 30.3 Å². The first-order valence-electron chi connectivity index (χ1n) is 9.78. The topological polar surface area (TPSA) is 136 Å². The van der Waals surface area contributed by atoms with E-state index in [-0.39, 0.29) is 20.4 Å². The minimum absolute atomic E-state index is 0.112. The van der Waals surface area contributed by atoms with Crippen LogP contribution in [0.15, 0.2) is 36.4 Å². The van der Waals surface area contributed by atoms with Crippen LogP contribution in [0.5, 0.6) is 5.75 Å². The molecule has 0 spiro atoms. The summed E-state index contributed by atoms with van der Waals surface area (Å²) in [7, 11) is -6.08. The Morgan fingerprint density at radius 2 is 1.51 bits per heavy atom. The lowest BCUT2D eigenvalue weighted by atomic mass is 10.1. The lowest BCUT2D eigenvalue weighted by molar-refractivity contribution is -0.0102. The van der Waals surface area contributed by atoms with Crippen molar-refractivity contribution in [2.45, 2.75) is 38.6 Å². The third kappa shape index (κ3) is 7.41. The molecule has 0 radical (unpaired) electrons. The lowest BCUT2D eigenvalue weighted by Crippen LogP contribution is -2.34. The average Bonchev–Trinajstić information content (AvgIpc) is 2.71. The quantitative estimate of drug-likeness (QED) is 0.193. The summed E-state index contributed by atoms with van der Waals surface area (Å²) in [5, 5.41) is -4.86. The minimum atomic E-state index is -6.08. The molecule has 2 rings (SSSR count). The third-order valence-corrected chi connectivity index (χ3v) is 5.76. The zero-order valence-corrected chi connectivity index (χ0v) is 21.9. The van der Waals surface area contributed by atoms with E-state index in [0.717, 1.165) is 6.07 Å². The van der Waals surface area contributed by atoms with E-state index in [1.54, 1.807) is 50.3 Å². The van der Waals surface area contributed by atoms with Crippen molar-refractivity contribution >= 4 is 50.6 Å². The van der Waals surface area contributed by atoms with Gasteiger partial charge in [-0.15, -0.1) is 0 Å². The van der Waals surface area contributed by atoms with Crippen LogP contribution in [0.25, 0.3) is 0 Å². The SMILES string of the molecule is Cc1cc(I)c(OC(=O)c2ccccc2C(=O)OC(C)(C)C)c(C(=O)OCC(F)(F)S(=O)(=O)[O-])c1. The maximum atomic E-state index is 13.4. The van der Waals surface area contributed by atoms with Crippen LogP contribution in [0, 0.1) is 10.5 Å². The van der Waals surface area contributed by atoms with Crippen LogP contribution >= 0.6 is 22.6 Å². The number of hydrogen-bond acceptors (Lipinski definition) is 9. The molecule has 2 aromatic rings. The monoisotopic (exact) mass is 625 g/mol. The van der Waals surface area contributed by atoms with Crippen LogP contribution < -0.4 is 4.74 Å². The minimum Gasteiger partial charge on any atom is -0.743 e. The molecular formula is C22H20F2IO9S-. The van der Waals surface area contributed by atoms with E-state index in [9.17, 15) is 36.1 Å². The average molecular weight is 625 g/mol. The summed E-state index contributed by atoms with van der Waals surface area (Å²) in [6.45, 7) is 4.44. The number of carbonyl (C=O) groups excluding carboxylic acids is 3. The number of aryl methyl sites for hydroxylation is 1. The highest BCUT2D eigenvalue weighted by Crippen LogP contribution is 2.30. The molecular weight excluding hydrogens is 605 g/mol. The van der Waals surface area contributed by atoms with Crippen molar-refractivity contribution in [3.05, 3.63) is 62.2 Å². The normalized spacial score (nSPS) is 12.1. The fourth-order valence-electron chi connectivity index (χ4n) is 2.60. The molecule has 0 aliphatic heterocycles. The Bertz CT molecular complexity index is 1270. The molecule has 0 unspecified atom stereocenters. The summed E-state index contributed by atoms with van der Waals surface area (Å²) in [4.78, 5) is 37.9. The van der Waals surface area contributed by atoms with Crippen LogP contribution in [-0.4, -0.2) is 48.3 Å². The molecule has 0 aromatic heterocycles. The van der Waals surface area contributed by atoms with Crippen molar-refractivity contribution in [1.82, 2.24) is 0 Å². The van der Waals surface area contributed by atoms with Gasteiger partial charge in [-0.25, -0.2) is 22.8 Å². The van der Waals surface area contributed by atoms with Gasteiger partial charge in [0.2, 0.25) is 0 Å². The van der Waals surface area contributed by atoms with Crippen LogP contribution in [0.2, 0.25) is 0 Å². The Kier molecular flexibility index (Phi) is 8.61. The van der Waals surface area contributed by atoms with E-state index >= 15 is 0 Å². The number of hydrogen-bond donors (Lipinski definition) is 0. The molecule has 13 heteroatoms. The van der Waals surface area contributed by atoms with Crippen LogP contribution in [0.3, 0.4) is 0 Å². The highest BCUT2D eigenvalue weighted by Gasteiger charge is 2.40. The second-order valence-electron chi connectivity index (χ2n) is 8.23. The lowest BCUT2D eigenvalue weighted by Gasteiger charge is -2.21. The van der Waals surface area contributed by atoms with Crippen molar-refractivity contribution in [2.24, 2.45) is 0 Å². The van der Waals surface area contributed by atoms with Gasteiger partial charge in [0.15, 0.2) is 22.5 Å². The summed E-state index contributed by atoms with van der Waals surface area (Å²) in [5.41, 5.74) is -1.17. The zero-order chi connectivity index (χ0) is 26.8. The van der Waals surface area contributed by atoms with Gasteiger partial charge in [0.1, 0.15) is 11.2 Å². The van der Waals surface area contributed by atoms with Crippen molar-refractivity contribution < 1.29 is 50.3 Å². The summed E-state index contributed by atoms with van der Waals surface area (Å²) in [6.07, 6.45) is 0. The molecule has 0 saturated carbocycles. The van der Waals surface area contributed by atoms with Gasteiger partial charge in [-0.2, -0.15) is 8.78 Å². The number of alkyl halides is 2. The van der Waals surface area contributed by atoms with Gasteiger partial charge in [-0.05, 0) is 80.1 Å². The van der Waals surface area contributed by atoms with Gasteiger partial charge in [-0.1, -0.05) is 12.1 Å². The summed E-state index contributed by atoms with van der Waals surface area (Å²) in [6, 6.07) is 8.27. The van der Waals surface area contributed by atoms with Gasteiger partial charge in [-0.3, -0.25) is 0 Å². The molecule has 9 nitrogen and oxygen atoms in total. The maximum Gasteiger partial charge on any atom is 0.367 e. The first-order chi connectivity index (χ1) is 15.9. The Balaban J connectivity index is 2.40. The number of rotatable bonds is 7. The third-order valence-electron chi connectivity index (χ3n) is 4.11. The predicted molar refractivity (Wildman–Crippen MR) is 125 cm³/mol. The smallest absolute Gasteiger partial charge is 0.367 e. The van der Waals surface area contributed by atoms with E-state index in [0.29, 0.717) is 5.56 Å². The highest BCUT2D eigenvalue weighted by atomic mass is 127. The largest absolute Gasteiger partial charge is 0.743 e. The number of ether oxygens (including phenoxy) is 3. The molecule has 190 valence electrons. The molecule has 0 heterocycles. The summed E-state index contributed by atoms with van der Waals surface area (Å²) >= 11 is 1.72. The first kappa shape index (κ1) is 28.6. The van der Waals surface area contributed by atoms with Gasteiger partial charge < -0.3 is 18.8 Å². The van der Waals surface area contributed by atoms with Crippen molar-refractivity contribution in [2.75, 3.05) is 6.61 Å². The second-order valence-corrected chi connectivity index (χ2v) is 10.9. The van der Waals surface area contributed by atoms with Crippen molar-refractivity contribution in [1.29, 1.82) is 0 Å². The Morgan fingerprint density at radius 3 is 2.03 bits per heavy atom. The molecule has 0 bridgehead atoms. The molecule has 0 fully saturated rings. The summed E-state index contributed by atoms with van der Waals surface area (Å²) < 4.78 is 74.0. The standard InChI is InChI=1S/C22H21F2IO9S/c1-12-9-15(18(26)32-11-22(23,24)35(29,30)31)17(16(25)10-12)33-19(27)13-7-5-6-8-14(13)20(28)34-21(2,3)4/h5-10H,11H2,1-4H3,(H,29,30,31)/p-1. The van der Waals surface area contributed by atoms with E-state index in [1.807, 2.05) is 0 Å². The molecule has 0 amide bonds. The molecule has 2 aromatic carbocycles. The van der Waals surface area contributed by atoms with Crippen LogP contribution in [-0.2, 0) is 19.6 Å². The molecule has 35 heavy (non-hydrogen) atoms. The van der Waals surface area contributed by atoms with E-state index in [4.69, 9.17) is 9.47 Å². The van der Waals surface area contributed by atoms with Crippen molar-refractivity contribution in [3.63, 3.8) is 0 Å². The van der Waals surface area contributed by atoms with Crippen LogP contribution in [0.4, 0.5) is 8.78 Å². The van der Waals surface area contributed by atoms with Gasteiger partial charge in [0.25, 0.3) is 0 Å². The molecule has 0 atom stereocenters. The van der Waals surface area contributed by atoms with E-state index in [2.05, 4.69) is 4.74 Å². The fraction of sp³-hybridized carbons (Fsp3) is 0.318. The Labute approximate surface area is 213 Å². The molecule has 0 saturated heterocycles. The maximum absolute atomic E-state index is 13.4. The van der Waals surface area contributed by atoms with Gasteiger partial charge in [0.05, 0.1) is 14.7 Å². The number of halogens is 3. The fourth-order valence-corrected chi connectivity index (χ4v) is 3.70. The molecule has 0 aliphatic carbocycles.